The second-order valence-electron chi connectivity index (χ2n) is 6.01. The van der Waals surface area contributed by atoms with Gasteiger partial charge in [0, 0.05) is 25.0 Å². The van der Waals surface area contributed by atoms with Crippen LogP contribution in [0.5, 0.6) is 0 Å². The molecule has 0 bridgehead atoms. The summed E-state index contributed by atoms with van der Waals surface area (Å²) >= 11 is 0. The second kappa shape index (κ2) is 5.11. The van der Waals surface area contributed by atoms with Gasteiger partial charge in [-0.3, -0.25) is 4.79 Å². The fourth-order valence-electron chi connectivity index (χ4n) is 2.95. The zero-order valence-electron chi connectivity index (χ0n) is 12.6. The first-order valence-corrected chi connectivity index (χ1v) is 7.21. The molecule has 3 rings (SSSR count). The number of fused-ring (bicyclic) bond motifs is 1. The van der Waals surface area contributed by atoms with Crippen molar-refractivity contribution < 1.29 is 9.90 Å². The molecule has 6 nitrogen and oxygen atoms in total. The first-order chi connectivity index (χ1) is 9.95. The summed E-state index contributed by atoms with van der Waals surface area (Å²) < 4.78 is 1.70. The molecule has 1 N–H and O–H groups in total. The minimum atomic E-state index is -0.192. The SMILES string of the molecule is Cc1cc(C)n2ncc(C(=O)N(C)CC3CC(O)C3)c2n1. The van der Waals surface area contributed by atoms with E-state index in [1.54, 1.807) is 22.7 Å². The van der Waals surface area contributed by atoms with Crippen LogP contribution in [0.15, 0.2) is 12.3 Å². The van der Waals surface area contributed by atoms with E-state index in [2.05, 4.69) is 10.1 Å². The van der Waals surface area contributed by atoms with Gasteiger partial charge in [0.05, 0.1) is 12.3 Å². The Labute approximate surface area is 123 Å². The molecule has 1 amide bonds. The van der Waals surface area contributed by atoms with E-state index in [-0.39, 0.29) is 12.0 Å². The number of hydrogen-bond acceptors (Lipinski definition) is 4. The predicted molar refractivity (Wildman–Crippen MR) is 78.2 cm³/mol. The topological polar surface area (TPSA) is 70.7 Å². The van der Waals surface area contributed by atoms with Crippen LogP contribution in [0.2, 0.25) is 0 Å². The molecule has 1 fully saturated rings. The average Bonchev–Trinajstić information content (AvgIpc) is 2.79. The molecule has 112 valence electrons. The maximum atomic E-state index is 12.6. The average molecular weight is 288 g/mol. The molecule has 0 spiro atoms. The third kappa shape index (κ3) is 2.51. The van der Waals surface area contributed by atoms with Gasteiger partial charge in [-0.2, -0.15) is 5.10 Å². The molecule has 0 unspecified atom stereocenters. The quantitative estimate of drug-likeness (QED) is 0.921. The Bertz CT molecular complexity index is 688. The van der Waals surface area contributed by atoms with E-state index in [0.717, 1.165) is 24.2 Å². The Kier molecular flexibility index (Phi) is 3.41. The molecule has 6 heteroatoms. The Morgan fingerprint density at radius 2 is 2.19 bits per heavy atom. The highest BCUT2D eigenvalue weighted by atomic mass is 16.3. The number of hydrogen-bond donors (Lipinski definition) is 1. The van der Waals surface area contributed by atoms with Gasteiger partial charge in [0.25, 0.3) is 5.91 Å². The van der Waals surface area contributed by atoms with Crippen molar-refractivity contribution in [2.24, 2.45) is 5.92 Å². The van der Waals surface area contributed by atoms with E-state index >= 15 is 0 Å². The van der Waals surface area contributed by atoms with Crippen LogP contribution in [0.4, 0.5) is 0 Å². The number of nitrogens with zero attached hydrogens (tertiary/aromatic N) is 4. The molecule has 0 radical (unpaired) electrons. The molecule has 0 aliphatic heterocycles. The Balaban J connectivity index is 1.84. The van der Waals surface area contributed by atoms with Crippen molar-refractivity contribution in [3.63, 3.8) is 0 Å². The van der Waals surface area contributed by atoms with Crippen molar-refractivity contribution in [1.29, 1.82) is 0 Å². The molecule has 2 aromatic heterocycles. The standard InChI is InChI=1S/C15H20N4O2/c1-9-4-10(2)19-14(17-9)13(7-16-19)15(21)18(3)8-11-5-12(20)6-11/h4,7,11-12,20H,5-6,8H2,1-3H3. The highest BCUT2D eigenvalue weighted by Gasteiger charge is 2.30. The van der Waals surface area contributed by atoms with Gasteiger partial charge in [0.15, 0.2) is 5.65 Å². The van der Waals surface area contributed by atoms with Crippen LogP contribution >= 0.6 is 0 Å². The number of carbonyl (C=O) groups is 1. The zero-order chi connectivity index (χ0) is 15.1. The molecule has 0 atom stereocenters. The number of aliphatic hydroxyl groups excluding tert-OH is 1. The first-order valence-electron chi connectivity index (χ1n) is 7.21. The van der Waals surface area contributed by atoms with Crippen molar-refractivity contribution >= 4 is 11.6 Å². The molecular weight excluding hydrogens is 268 g/mol. The number of carbonyl (C=O) groups excluding carboxylic acids is 1. The number of amides is 1. The molecule has 0 saturated heterocycles. The van der Waals surface area contributed by atoms with Crippen molar-refractivity contribution in [2.75, 3.05) is 13.6 Å². The van der Waals surface area contributed by atoms with Crippen LogP contribution in [0.1, 0.15) is 34.6 Å². The molecule has 1 saturated carbocycles. The summed E-state index contributed by atoms with van der Waals surface area (Å²) in [6, 6.07) is 1.94. The molecular formula is C15H20N4O2. The minimum absolute atomic E-state index is 0.0658. The lowest BCUT2D eigenvalue weighted by molar-refractivity contribution is 0.0266. The van der Waals surface area contributed by atoms with Crippen molar-refractivity contribution in [3.05, 3.63) is 29.2 Å². The van der Waals surface area contributed by atoms with Crippen LogP contribution in [-0.2, 0) is 0 Å². The van der Waals surface area contributed by atoms with Gasteiger partial charge in [-0.05, 0) is 38.7 Å². The van der Waals surface area contributed by atoms with Gasteiger partial charge in [-0.25, -0.2) is 9.50 Å². The molecule has 21 heavy (non-hydrogen) atoms. The number of rotatable bonds is 3. The second-order valence-corrected chi connectivity index (χ2v) is 6.01. The lowest BCUT2D eigenvalue weighted by atomic mass is 9.82. The summed E-state index contributed by atoms with van der Waals surface area (Å²) in [6.45, 7) is 4.52. The highest BCUT2D eigenvalue weighted by Crippen LogP contribution is 2.28. The largest absolute Gasteiger partial charge is 0.393 e. The first kappa shape index (κ1) is 14.0. The Morgan fingerprint density at radius 1 is 1.48 bits per heavy atom. The highest BCUT2D eigenvalue weighted by molar-refractivity contribution is 5.99. The zero-order valence-corrected chi connectivity index (χ0v) is 12.6. The predicted octanol–water partition coefficient (Wildman–Crippen LogP) is 1.19. The van der Waals surface area contributed by atoms with Gasteiger partial charge < -0.3 is 10.0 Å². The van der Waals surface area contributed by atoms with Crippen LogP contribution < -0.4 is 0 Å². The van der Waals surface area contributed by atoms with Crippen LogP contribution in [0.25, 0.3) is 5.65 Å². The summed E-state index contributed by atoms with van der Waals surface area (Å²) in [6.07, 6.45) is 2.96. The smallest absolute Gasteiger partial charge is 0.259 e. The molecule has 1 aliphatic rings. The minimum Gasteiger partial charge on any atom is -0.393 e. The number of aromatic nitrogens is 3. The molecule has 2 aromatic rings. The van der Waals surface area contributed by atoms with Gasteiger partial charge in [0.2, 0.25) is 0 Å². The maximum absolute atomic E-state index is 12.6. The third-order valence-corrected chi connectivity index (χ3v) is 4.10. The van der Waals surface area contributed by atoms with E-state index in [1.807, 2.05) is 19.9 Å². The molecule has 1 aliphatic carbocycles. The molecule has 2 heterocycles. The van der Waals surface area contributed by atoms with E-state index < -0.39 is 0 Å². The summed E-state index contributed by atoms with van der Waals surface area (Å²) in [5.41, 5.74) is 2.97. The van der Waals surface area contributed by atoms with Crippen LogP contribution in [0, 0.1) is 19.8 Å². The van der Waals surface area contributed by atoms with E-state index in [4.69, 9.17) is 0 Å². The number of aliphatic hydroxyl groups is 1. The lowest BCUT2D eigenvalue weighted by Gasteiger charge is -2.34. The fourth-order valence-corrected chi connectivity index (χ4v) is 2.95. The van der Waals surface area contributed by atoms with Crippen LogP contribution in [-0.4, -0.2) is 50.2 Å². The van der Waals surface area contributed by atoms with E-state index in [0.29, 0.717) is 23.7 Å². The summed E-state index contributed by atoms with van der Waals surface area (Å²) in [5.74, 6) is 0.330. The normalized spacial score (nSPS) is 21.3. The van der Waals surface area contributed by atoms with E-state index in [1.165, 1.54) is 0 Å². The Hall–Kier alpha value is -1.95. The monoisotopic (exact) mass is 288 g/mol. The van der Waals surface area contributed by atoms with Gasteiger partial charge in [-0.1, -0.05) is 0 Å². The third-order valence-electron chi connectivity index (χ3n) is 4.10. The van der Waals surface area contributed by atoms with Crippen molar-refractivity contribution in [3.8, 4) is 0 Å². The summed E-state index contributed by atoms with van der Waals surface area (Å²) in [4.78, 5) is 18.7. The lowest BCUT2D eigenvalue weighted by Crippen LogP contribution is -2.39. The summed E-state index contributed by atoms with van der Waals surface area (Å²) in [7, 11) is 1.79. The van der Waals surface area contributed by atoms with Gasteiger partial charge in [-0.15, -0.1) is 0 Å². The Morgan fingerprint density at radius 3 is 2.86 bits per heavy atom. The van der Waals surface area contributed by atoms with E-state index in [9.17, 15) is 9.90 Å². The fraction of sp³-hybridized carbons (Fsp3) is 0.533. The van der Waals surface area contributed by atoms with Crippen LogP contribution in [0.3, 0.4) is 0 Å². The number of aryl methyl sites for hydroxylation is 2. The summed E-state index contributed by atoms with van der Waals surface area (Å²) in [5, 5.41) is 13.6. The van der Waals surface area contributed by atoms with Crippen molar-refractivity contribution in [1.82, 2.24) is 19.5 Å². The molecule has 0 aromatic carbocycles. The van der Waals surface area contributed by atoms with Crippen molar-refractivity contribution in [2.45, 2.75) is 32.8 Å². The van der Waals surface area contributed by atoms with Gasteiger partial charge in [0.1, 0.15) is 5.56 Å². The van der Waals surface area contributed by atoms with Gasteiger partial charge >= 0.3 is 0 Å². The maximum Gasteiger partial charge on any atom is 0.259 e.